The summed E-state index contributed by atoms with van der Waals surface area (Å²) in [5.74, 6) is -1.81. The molecule has 4 rings (SSSR count). The second-order valence-corrected chi connectivity index (χ2v) is 7.15. The number of carbonyl (C=O) groups is 1. The molecule has 1 N–H and O–H groups in total. The Kier molecular flexibility index (Phi) is 6.21. The normalized spacial score (nSPS) is 10.7. The van der Waals surface area contributed by atoms with Crippen molar-refractivity contribution in [3.8, 4) is 5.75 Å². The van der Waals surface area contributed by atoms with Crippen molar-refractivity contribution in [1.29, 1.82) is 0 Å². The van der Waals surface area contributed by atoms with Crippen LogP contribution in [0.4, 0.5) is 14.6 Å². The summed E-state index contributed by atoms with van der Waals surface area (Å²) in [5.41, 5.74) is 2.23. The van der Waals surface area contributed by atoms with E-state index >= 15 is 0 Å². The molecule has 0 bridgehead atoms. The fourth-order valence-corrected chi connectivity index (χ4v) is 3.16. The zero-order valence-corrected chi connectivity index (χ0v) is 17.3. The Labute approximate surface area is 183 Å². The minimum atomic E-state index is -0.928. The van der Waals surface area contributed by atoms with Crippen molar-refractivity contribution in [3.05, 3.63) is 107 Å². The van der Waals surface area contributed by atoms with Crippen LogP contribution >= 0.6 is 0 Å². The second-order valence-electron chi connectivity index (χ2n) is 7.15. The summed E-state index contributed by atoms with van der Waals surface area (Å²) >= 11 is 0. The summed E-state index contributed by atoms with van der Waals surface area (Å²) in [4.78, 5) is 16.5. The summed E-state index contributed by atoms with van der Waals surface area (Å²) in [6.07, 6.45) is 3.40. The van der Waals surface area contributed by atoms with Gasteiger partial charge in [0.15, 0.2) is 5.82 Å². The molecular weight excluding hydrogens is 414 g/mol. The van der Waals surface area contributed by atoms with Gasteiger partial charge in [0.1, 0.15) is 29.6 Å². The maximum Gasteiger partial charge on any atom is 0.262 e. The van der Waals surface area contributed by atoms with Crippen LogP contribution in [0.25, 0.3) is 0 Å². The summed E-state index contributed by atoms with van der Waals surface area (Å²) in [5, 5.41) is 6.70. The van der Waals surface area contributed by atoms with Gasteiger partial charge in [0.2, 0.25) is 0 Å². The van der Waals surface area contributed by atoms with Crippen molar-refractivity contribution in [3.63, 3.8) is 0 Å². The van der Waals surface area contributed by atoms with Crippen LogP contribution in [0.3, 0.4) is 0 Å². The number of pyridine rings is 1. The molecule has 0 aliphatic carbocycles. The Balaban J connectivity index is 1.39. The molecule has 2 aromatic heterocycles. The minimum absolute atomic E-state index is 0.200. The van der Waals surface area contributed by atoms with E-state index in [9.17, 15) is 13.6 Å². The number of aryl methyl sites for hydroxylation is 1. The van der Waals surface area contributed by atoms with Gasteiger partial charge >= 0.3 is 0 Å². The summed E-state index contributed by atoms with van der Waals surface area (Å²) < 4.78 is 35.0. The predicted molar refractivity (Wildman–Crippen MR) is 115 cm³/mol. The van der Waals surface area contributed by atoms with Gasteiger partial charge in [-0.25, -0.2) is 8.78 Å². The van der Waals surface area contributed by atoms with Crippen molar-refractivity contribution in [1.82, 2.24) is 14.8 Å². The Morgan fingerprint density at radius 2 is 1.88 bits per heavy atom. The molecule has 4 aromatic rings. The number of carbonyl (C=O) groups excluding carboxylic acids is 1. The van der Waals surface area contributed by atoms with Crippen LogP contribution in [-0.4, -0.2) is 20.7 Å². The lowest BCUT2D eigenvalue weighted by molar-refractivity contribution is 0.101. The maximum absolute atomic E-state index is 13.8. The summed E-state index contributed by atoms with van der Waals surface area (Å²) in [6.45, 7) is 2.80. The number of hydrogen-bond acceptors (Lipinski definition) is 4. The Morgan fingerprint density at radius 3 is 2.59 bits per heavy atom. The molecule has 2 heterocycles. The van der Waals surface area contributed by atoms with Gasteiger partial charge in [-0.2, -0.15) is 5.10 Å². The van der Waals surface area contributed by atoms with E-state index in [0.29, 0.717) is 13.2 Å². The van der Waals surface area contributed by atoms with Gasteiger partial charge in [0.25, 0.3) is 5.91 Å². The van der Waals surface area contributed by atoms with E-state index in [1.165, 1.54) is 6.07 Å². The SMILES string of the molecule is Cc1cc(OCc2ccccn2)ccc1Cn1ccc(NC(=O)c2c(F)cccc2F)n1. The van der Waals surface area contributed by atoms with E-state index in [-0.39, 0.29) is 5.82 Å². The Morgan fingerprint density at radius 1 is 1.06 bits per heavy atom. The van der Waals surface area contributed by atoms with Crippen LogP contribution in [0.5, 0.6) is 5.75 Å². The molecule has 8 heteroatoms. The lowest BCUT2D eigenvalue weighted by atomic mass is 10.1. The molecule has 1 amide bonds. The van der Waals surface area contributed by atoms with E-state index in [0.717, 1.165) is 34.7 Å². The number of ether oxygens (including phenoxy) is 1. The third kappa shape index (κ3) is 4.97. The van der Waals surface area contributed by atoms with Crippen LogP contribution in [-0.2, 0) is 13.2 Å². The smallest absolute Gasteiger partial charge is 0.262 e. The van der Waals surface area contributed by atoms with Gasteiger partial charge in [-0.05, 0) is 54.4 Å². The van der Waals surface area contributed by atoms with E-state index in [2.05, 4.69) is 15.4 Å². The molecule has 0 radical (unpaired) electrons. The van der Waals surface area contributed by atoms with E-state index in [1.807, 2.05) is 43.3 Å². The monoisotopic (exact) mass is 434 g/mol. The first-order valence-electron chi connectivity index (χ1n) is 9.90. The van der Waals surface area contributed by atoms with Crippen molar-refractivity contribution < 1.29 is 18.3 Å². The molecule has 0 spiro atoms. The molecule has 162 valence electrons. The molecule has 0 saturated heterocycles. The summed E-state index contributed by atoms with van der Waals surface area (Å²) in [6, 6.07) is 16.2. The zero-order chi connectivity index (χ0) is 22.5. The molecule has 2 aromatic carbocycles. The van der Waals surface area contributed by atoms with Gasteiger partial charge < -0.3 is 10.1 Å². The Bertz CT molecular complexity index is 1220. The largest absolute Gasteiger partial charge is 0.487 e. The molecule has 0 aliphatic heterocycles. The van der Waals surface area contributed by atoms with Gasteiger partial charge in [-0.3, -0.25) is 14.5 Å². The molecule has 0 unspecified atom stereocenters. The van der Waals surface area contributed by atoms with E-state index in [1.54, 1.807) is 23.1 Å². The highest BCUT2D eigenvalue weighted by Gasteiger charge is 2.18. The molecule has 32 heavy (non-hydrogen) atoms. The van der Waals surface area contributed by atoms with Crippen molar-refractivity contribution in [2.45, 2.75) is 20.1 Å². The average molecular weight is 434 g/mol. The van der Waals surface area contributed by atoms with Crippen LogP contribution in [0.1, 0.15) is 27.2 Å². The number of benzene rings is 2. The molecule has 0 saturated carbocycles. The first-order valence-corrected chi connectivity index (χ1v) is 9.90. The summed E-state index contributed by atoms with van der Waals surface area (Å²) in [7, 11) is 0. The van der Waals surface area contributed by atoms with E-state index in [4.69, 9.17) is 4.74 Å². The highest BCUT2D eigenvalue weighted by molar-refractivity contribution is 6.04. The number of rotatable bonds is 7. The average Bonchev–Trinajstić information content (AvgIpc) is 3.21. The minimum Gasteiger partial charge on any atom is -0.487 e. The lowest BCUT2D eigenvalue weighted by Crippen LogP contribution is -2.16. The standard InChI is InChI=1S/C24H20F2N4O2/c1-16-13-19(32-15-18-5-2-3-11-27-18)9-8-17(16)14-30-12-10-22(29-30)28-24(31)23-20(25)6-4-7-21(23)26/h2-13H,14-15H2,1H3,(H,28,29,31). The van der Waals surface area contributed by atoms with E-state index < -0.39 is 23.1 Å². The molecular formula is C24H20F2N4O2. The van der Waals surface area contributed by atoms with Crippen LogP contribution in [0.2, 0.25) is 0 Å². The van der Waals surface area contributed by atoms with Crippen LogP contribution in [0.15, 0.2) is 73.1 Å². The topological polar surface area (TPSA) is 69.0 Å². The number of amides is 1. The number of aromatic nitrogens is 3. The molecule has 0 atom stereocenters. The molecule has 0 fully saturated rings. The first kappa shape index (κ1) is 21.2. The van der Waals surface area contributed by atoms with Gasteiger partial charge in [0, 0.05) is 18.5 Å². The fraction of sp³-hybridized carbons (Fsp3) is 0.125. The maximum atomic E-state index is 13.8. The van der Waals surface area contributed by atoms with Gasteiger partial charge in [-0.1, -0.05) is 18.2 Å². The molecule has 0 aliphatic rings. The number of anilines is 1. The predicted octanol–water partition coefficient (Wildman–Crippen LogP) is 4.74. The van der Waals surface area contributed by atoms with Crippen LogP contribution < -0.4 is 10.1 Å². The zero-order valence-electron chi connectivity index (χ0n) is 17.3. The second kappa shape index (κ2) is 9.38. The third-order valence-corrected chi connectivity index (χ3v) is 4.83. The number of nitrogens with zero attached hydrogens (tertiary/aromatic N) is 3. The van der Waals surface area contributed by atoms with Crippen molar-refractivity contribution in [2.24, 2.45) is 0 Å². The number of nitrogens with one attached hydrogen (secondary N) is 1. The number of halogens is 2. The highest BCUT2D eigenvalue weighted by Crippen LogP contribution is 2.20. The fourth-order valence-electron chi connectivity index (χ4n) is 3.16. The van der Waals surface area contributed by atoms with Gasteiger partial charge in [0.05, 0.1) is 12.2 Å². The van der Waals surface area contributed by atoms with Crippen molar-refractivity contribution in [2.75, 3.05) is 5.32 Å². The van der Waals surface area contributed by atoms with Crippen LogP contribution in [0, 0.1) is 18.6 Å². The first-order chi connectivity index (χ1) is 15.5. The lowest BCUT2D eigenvalue weighted by Gasteiger charge is -2.10. The quantitative estimate of drug-likeness (QED) is 0.456. The third-order valence-electron chi connectivity index (χ3n) is 4.83. The van der Waals surface area contributed by atoms with Crippen molar-refractivity contribution >= 4 is 11.7 Å². The molecule has 6 nitrogen and oxygen atoms in total. The number of hydrogen-bond donors (Lipinski definition) is 1. The highest BCUT2D eigenvalue weighted by atomic mass is 19.1. The van der Waals surface area contributed by atoms with Gasteiger partial charge in [-0.15, -0.1) is 0 Å². The Hall–Kier alpha value is -4.07.